The number of aliphatic hydroxyl groups is 1. The lowest BCUT2D eigenvalue weighted by atomic mass is 10.0. The number of aliphatic hydroxyl groups excluding tert-OH is 1. The summed E-state index contributed by atoms with van der Waals surface area (Å²) in [5.41, 5.74) is 2.36. The highest BCUT2D eigenvalue weighted by atomic mass is 16.3. The Balaban J connectivity index is 1.66. The van der Waals surface area contributed by atoms with Crippen molar-refractivity contribution in [2.45, 2.75) is 24.9 Å². The number of hydrogen-bond acceptors (Lipinski definition) is 3. The minimum Gasteiger partial charge on any atom is -0.395 e. The molecule has 1 heterocycles. The zero-order chi connectivity index (χ0) is 16.8. The van der Waals surface area contributed by atoms with E-state index in [0.717, 1.165) is 12.0 Å². The van der Waals surface area contributed by atoms with Crippen molar-refractivity contribution in [1.82, 2.24) is 10.2 Å². The summed E-state index contributed by atoms with van der Waals surface area (Å²) >= 11 is 0. The number of rotatable bonds is 6. The van der Waals surface area contributed by atoms with Crippen molar-refractivity contribution < 1.29 is 9.90 Å². The molecule has 1 saturated heterocycles. The number of nitrogens with zero attached hydrogens (tertiary/aromatic N) is 1. The highest BCUT2D eigenvalue weighted by Gasteiger charge is 2.33. The van der Waals surface area contributed by atoms with Crippen molar-refractivity contribution >= 4 is 5.91 Å². The van der Waals surface area contributed by atoms with Crippen molar-refractivity contribution in [1.29, 1.82) is 0 Å². The topological polar surface area (TPSA) is 52.6 Å². The smallest absolute Gasteiger partial charge is 0.240 e. The van der Waals surface area contributed by atoms with Gasteiger partial charge < -0.3 is 10.0 Å². The third kappa shape index (κ3) is 4.22. The van der Waals surface area contributed by atoms with E-state index in [1.165, 1.54) is 5.56 Å². The number of carbonyl (C=O) groups is 1. The van der Waals surface area contributed by atoms with Gasteiger partial charge in [0, 0.05) is 19.1 Å². The molecule has 1 aliphatic rings. The zero-order valence-corrected chi connectivity index (χ0v) is 13.8. The molecule has 2 aromatic carbocycles. The van der Waals surface area contributed by atoms with Gasteiger partial charge in [-0.1, -0.05) is 60.7 Å². The minimum atomic E-state index is -0.269. The van der Waals surface area contributed by atoms with Crippen LogP contribution < -0.4 is 5.32 Å². The maximum absolute atomic E-state index is 12.8. The van der Waals surface area contributed by atoms with Gasteiger partial charge in [0.1, 0.15) is 0 Å². The minimum absolute atomic E-state index is 0.0421. The van der Waals surface area contributed by atoms with Gasteiger partial charge in [-0.05, 0) is 24.0 Å². The van der Waals surface area contributed by atoms with Crippen molar-refractivity contribution in [3.63, 3.8) is 0 Å². The Morgan fingerprint density at radius 1 is 1.00 bits per heavy atom. The van der Waals surface area contributed by atoms with E-state index in [0.29, 0.717) is 19.5 Å². The Labute approximate surface area is 143 Å². The van der Waals surface area contributed by atoms with Crippen LogP contribution in [0.5, 0.6) is 0 Å². The molecule has 126 valence electrons. The van der Waals surface area contributed by atoms with Crippen LogP contribution in [0.3, 0.4) is 0 Å². The second-order valence-corrected chi connectivity index (χ2v) is 6.31. The van der Waals surface area contributed by atoms with E-state index < -0.39 is 0 Å². The third-order valence-electron chi connectivity index (χ3n) is 4.50. The lowest BCUT2D eigenvalue weighted by molar-refractivity contribution is -0.137. The highest BCUT2D eigenvalue weighted by molar-refractivity contribution is 5.83. The van der Waals surface area contributed by atoms with Crippen molar-refractivity contribution in [2.75, 3.05) is 19.7 Å². The molecule has 0 aromatic heterocycles. The predicted molar refractivity (Wildman–Crippen MR) is 94.7 cm³/mol. The molecule has 1 amide bonds. The molecular weight excluding hydrogens is 300 g/mol. The fourth-order valence-corrected chi connectivity index (χ4v) is 3.20. The molecule has 0 bridgehead atoms. The average molecular weight is 324 g/mol. The second-order valence-electron chi connectivity index (χ2n) is 6.31. The molecule has 2 N–H and O–H groups in total. The van der Waals surface area contributed by atoms with Gasteiger partial charge in [-0.15, -0.1) is 0 Å². The van der Waals surface area contributed by atoms with Gasteiger partial charge in [-0.25, -0.2) is 0 Å². The van der Waals surface area contributed by atoms with Gasteiger partial charge in [-0.3, -0.25) is 10.1 Å². The summed E-state index contributed by atoms with van der Waals surface area (Å²) in [6, 6.07) is 19.9. The van der Waals surface area contributed by atoms with E-state index in [4.69, 9.17) is 0 Å². The fourth-order valence-electron chi connectivity index (χ4n) is 3.20. The summed E-state index contributed by atoms with van der Waals surface area (Å²) in [6.07, 6.45) is 1.49. The van der Waals surface area contributed by atoms with E-state index in [2.05, 4.69) is 17.4 Å². The number of hydrogen-bond donors (Lipinski definition) is 2. The first-order chi connectivity index (χ1) is 11.8. The Kier molecular flexibility index (Phi) is 5.62. The van der Waals surface area contributed by atoms with Gasteiger partial charge in [0.05, 0.1) is 12.6 Å². The van der Waals surface area contributed by atoms with Gasteiger partial charge in [0.25, 0.3) is 0 Å². The molecule has 2 aromatic rings. The molecule has 24 heavy (non-hydrogen) atoms. The van der Waals surface area contributed by atoms with E-state index in [1.54, 1.807) is 0 Å². The average Bonchev–Trinajstić information content (AvgIpc) is 2.64. The largest absolute Gasteiger partial charge is 0.395 e. The Hall–Kier alpha value is -2.17. The fraction of sp³-hybridized carbons (Fsp3) is 0.350. The highest BCUT2D eigenvalue weighted by Crippen LogP contribution is 2.13. The van der Waals surface area contributed by atoms with E-state index >= 15 is 0 Å². The van der Waals surface area contributed by atoms with Gasteiger partial charge in [0.2, 0.25) is 5.91 Å². The normalized spacial score (nSPS) is 21.0. The van der Waals surface area contributed by atoms with Crippen LogP contribution in [-0.2, 0) is 17.6 Å². The predicted octanol–water partition coefficient (Wildman–Crippen LogP) is 1.63. The van der Waals surface area contributed by atoms with Crippen LogP contribution in [0.2, 0.25) is 0 Å². The van der Waals surface area contributed by atoms with Crippen LogP contribution in [0.15, 0.2) is 60.7 Å². The monoisotopic (exact) mass is 324 g/mol. The first-order valence-corrected chi connectivity index (χ1v) is 8.50. The maximum Gasteiger partial charge on any atom is 0.240 e. The summed E-state index contributed by atoms with van der Waals surface area (Å²) < 4.78 is 0. The Bertz CT molecular complexity index is 645. The second kappa shape index (κ2) is 8.08. The van der Waals surface area contributed by atoms with Crippen LogP contribution in [-0.4, -0.2) is 47.7 Å². The van der Waals surface area contributed by atoms with Gasteiger partial charge in [-0.2, -0.15) is 0 Å². The first kappa shape index (κ1) is 16.7. The molecule has 1 aliphatic heterocycles. The summed E-state index contributed by atoms with van der Waals surface area (Å²) in [7, 11) is 0. The molecule has 0 spiro atoms. The maximum atomic E-state index is 12.8. The first-order valence-electron chi connectivity index (χ1n) is 8.50. The molecular formula is C20H24N2O2. The summed E-state index contributed by atoms with van der Waals surface area (Å²) in [4.78, 5) is 14.7. The number of piperazine rings is 1. The van der Waals surface area contributed by atoms with Crippen LogP contribution >= 0.6 is 0 Å². The van der Waals surface area contributed by atoms with Gasteiger partial charge >= 0.3 is 0 Å². The zero-order valence-electron chi connectivity index (χ0n) is 13.8. The Morgan fingerprint density at radius 3 is 2.25 bits per heavy atom. The van der Waals surface area contributed by atoms with E-state index in [1.807, 2.05) is 53.4 Å². The van der Waals surface area contributed by atoms with Crippen molar-refractivity contribution in [3.05, 3.63) is 71.8 Å². The molecule has 4 nitrogen and oxygen atoms in total. The lowest BCUT2D eigenvalue weighted by Gasteiger charge is -2.38. The molecule has 2 atom stereocenters. The number of amides is 1. The Morgan fingerprint density at radius 2 is 1.62 bits per heavy atom. The molecule has 0 unspecified atom stereocenters. The third-order valence-corrected chi connectivity index (χ3v) is 4.50. The number of nitrogens with one attached hydrogen (secondary N) is 1. The molecule has 0 radical (unpaired) electrons. The van der Waals surface area contributed by atoms with Crippen molar-refractivity contribution in [2.24, 2.45) is 0 Å². The molecule has 1 fully saturated rings. The van der Waals surface area contributed by atoms with E-state index in [9.17, 15) is 9.90 Å². The van der Waals surface area contributed by atoms with Crippen LogP contribution in [0.4, 0.5) is 0 Å². The summed E-state index contributed by atoms with van der Waals surface area (Å²) in [5, 5.41) is 12.9. The standard InChI is InChI=1S/C20H24N2O2/c23-15-18-14-22(12-11-16-7-3-1-4-8-16)20(24)19(21-18)13-17-9-5-2-6-10-17/h1-10,18-19,21,23H,11-15H2/t18-,19+/m1/s1. The summed E-state index contributed by atoms with van der Waals surface area (Å²) in [6.45, 7) is 1.29. The quantitative estimate of drug-likeness (QED) is 0.849. The number of carbonyl (C=O) groups excluding carboxylic acids is 1. The molecule has 4 heteroatoms. The molecule has 0 aliphatic carbocycles. The van der Waals surface area contributed by atoms with Gasteiger partial charge in [0.15, 0.2) is 0 Å². The summed E-state index contributed by atoms with van der Waals surface area (Å²) in [5.74, 6) is 0.125. The molecule has 3 rings (SSSR count). The van der Waals surface area contributed by atoms with Crippen LogP contribution in [0.1, 0.15) is 11.1 Å². The van der Waals surface area contributed by atoms with Crippen molar-refractivity contribution in [3.8, 4) is 0 Å². The SMILES string of the molecule is O=C1[C@H](Cc2ccccc2)N[C@@H](CO)CN1CCc1ccccc1. The van der Waals surface area contributed by atoms with Crippen LogP contribution in [0.25, 0.3) is 0 Å². The molecule has 0 saturated carbocycles. The number of benzene rings is 2. The lowest BCUT2D eigenvalue weighted by Crippen LogP contribution is -2.62. The van der Waals surface area contributed by atoms with Crippen LogP contribution in [0, 0.1) is 0 Å². The van der Waals surface area contributed by atoms with E-state index in [-0.39, 0.29) is 24.6 Å².